The van der Waals surface area contributed by atoms with Crippen LogP contribution in [0.15, 0.2) is 0 Å². The van der Waals surface area contributed by atoms with Crippen molar-refractivity contribution in [3.63, 3.8) is 0 Å². The summed E-state index contributed by atoms with van der Waals surface area (Å²) in [6.07, 6.45) is -7.46. The number of halogens is 13. The third-order valence-electron chi connectivity index (χ3n) is 3.89. The predicted octanol–water partition coefficient (Wildman–Crippen LogP) is 4.99. The molecule has 0 N–H and O–H groups in total. The standard InChI is InChI=1S/C11H13F13O3Si/c1-5(28(25-2,26-3)27-4)6(12,13)7(14,15)8(16,17)9(18,19)10(20,21)11(22,23)24/h5H,1-4H3. The molecule has 0 radical (unpaired) electrons. The van der Waals surface area contributed by atoms with E-state index in [1.165, 1.54) is 0 Å². The molecule has 0 aromatic heterocycles. The van der Waals surface area contributed by atoms with E-state index in [0.717, 1.165) is 0 Å². The molecule has 0 aliphatic rings. The average molecular weight is 468 g/mol. The Labute approximate surface area is 150 Å². The second-order valence-corrected chi connectivity index (χ2v) is 8.65. The Morgan fingerprint density at radius 3 is 1.07 bits per heavy atom. The van der Waals surface area contributed by atoms with Gasteiger partial charge in [0.15, 0.2) is 0 Å². The molecule has 0 heterocycles. The fourth-order valence-electron chi connectivity index (χ4n) is 2.06. The first-order valence-corrected chi connectivity index (χ1v) is 8.50. The quantitative estimate of drug-likeness (QED) is 0.353. The molecule has 0 aromatic rings. The second kappa shape index (κ2) is 7.46. The average Bonchev–Trinajstić information content (AvgIpc) is 2.54. The van der Waals surface area contributed by atoms with Crippen molar-refractivity contribution in [2.24, 2.45) is 0 Å². The monoisotopic (exact) mass is 468 g/mol. The van der Waals surface area contributed by atoms with Crippen molar-refractivity contribution in [2.45, 2.75) is 48.3 Å². The van der Waals surface area contributed by atoms with Crippen molar-refractivity contribution in [3.05, 3.63) is 0 Å². The first kappa shape index (κ1) is 27.2. The molecular formula is C11H13F13O3Si. The summed E-state index contributed by atoms with van der Waals surface area (Å²) >= 11 is 0. The molecule has 17 heteroatoms. The van der Waals surface area contributed by atoms with Gasteiger partial charge in [0.1, 0.15) is 0 Å². The topological polar surface area (TPSA) is 27.7 Å². The molecular weight excluding hydrogens is 455 g/mol. The Bertz CT molecular complexity index is 536. The number of hydrogen-bond donors (Lipinski definition) is 0. The Morgan fingerprint density at radius 1 is 0.536 bits per heavy atom. The summed E-state index contributed by atoms with van der Waals surface area (Å²) in [5.41, 5.74) is -3.28. The van der Waals surface area contributed by atoms with Gasteiger partial charge in [0.2, 0.25) is 0 Å². The third kappa shape index (κ3) is 3.47. The maximum atomic E-state index is 14.1. The van der Waals surface area contributed by atoms with Gasteiger partial charge >= 0.3 is 44.6 Å². The first-order chi connectivity index (χ1) is 12.1. The van der Waals surface area contributed by atoms with Gasteiger partial charge in [0.05, 0.1) is 5.54 Å². The van der Waals surface area contributed by atoms with Crippen LogP contribution in [0.2, 0.25) is 5.54 Å². The summed E-state index contributed by atoms with van der Waals surface area (Å²) in [6, 6.07) is 0. The van der Waals surface area contributed by atoms with E-state index in [1.807, 2.05) is 0 Å². The van der Waals surface area contributed by atoms with Crippen molar-refractivity contribution in [1.82, 2.24) is 0 Å². The van der Waals surface area contributed by atoms with Crippen LogP contribution in [0.4, 0.5) is 57.1 Å². The zero-order valence-electron chi connectivity index (χ0n) is 14.2. The fourth-order valence-corrected chi connectivity index (χ4v) is 4.24. The van der Waals surface area contributed by atoms with Crippen LogP contribution in [-0.2, 0) is 13.3 Å². The van der Waals surface area contributed by atoms with Gasteiger partial charge in [0.25, 0.3) is 0 Å². The van der Waals surface area contributed by atoms with E-state index in [1.54, 1.807) is 0 Å². The van der Waals surface area contributed by atoms with E-state index in [-0.39, 0.29) is 6.92 Å². The number of alkyl halides is 13. The fraction of sp³-hybridized carbons (Fsp3) is 1.00. The van der Waals surface area contributed by atoms with E-state index in [4.69, 9.17) is 0 Å². The van der Waals surface area contributed by atoms with Gasteiger partial charge in [-0.1, -0.05) is 6.92 Å². The SMILES string of the molecule is CO[Si](OC)(OC)C(C)C(F)(F)C(F)(F)C(F)(F)C(F)(F)C(F)(F)C(F)(F)F. The highest BCUT2D eigenvalue weighted by molar-refractivity contribution is 6.62. The Hall–Kier alpha value is -0.813. The minimum Gasteiger partial charge on any atom is -0.377 e. The maximum absolute atomic E-state index is 14.1. The van der Waals surface area contributed by atoms with Crippen LogP contribution in [-0.4, -0.2) is 65.9 Å². The molecule has 0 aliphatic heterocycles. The van der Waals surface area contributed by atoms with Crippen LogP contribution in [0.25, 0.3) is 0 Å². The first-order valence-electron chi connectivity index (χ1n) is 6.70. The van der Waals surface area contributed by atoms with Crippen molar-refractivity contribution in [1.29, 1.82) is 0 Å². The van der Waals surface area contributed by atoms with E-state index in [9.17, 15) is 57.1 Å². The summed E-state index contributed by atoms with van der Waals surface area (Å²) < 4.78 is 184. The molecule has 0 bridgehead atoms. The summed E-state index contributed by atoms with van der Waals surface area (Å²) in [4.78, 5) is 0. The van der Waals surface area contributed by atoms with Crippen LogP contribution in [0.3, 0.4) is 0 Å². The lowest BCUT2D eigenvalue weighted by Crippen LogP contribution is -2.72. The van der Waals surface area contributed by atoms with Crippen LogP contribution >= 0.6 is 0 Å². The smallest absolute Gasteiger partial charge is 0.377 e. The van der Waals surface area contributed by atoms with Gasteiger partial charge in [-0.2, -0.15) is 57.1 Å². The number of hydrogen-bond acceptors (Lipinski definition) is 3. The highest BCUT2D eigenvalue weighted by Crippen LogP contribution is 2.62. The summed E-state index contributed by atoms with van der Waals surface area (Å²) in [6.45, 7) is 0.0206. The normalized spacial score (nSPS) is 17.0. The van der Waals surface area contributed by atoms with Crippen molar-refractivity contribution in [3.8, 4) is 0 Å². The molecule has 0 spiro atoms. The van der Waals surface area contributed by atoms with Gasteiger partial charge < -0.3 is 13.3 Å². The molecule has 28 heavy (non-hydrogen) atoms. The van der Waals surface area contributed by atoms with E-state index in [0.29, 0.717) is 21.3 Å². The zero-order valence-corrected chi connectivity index (χ0v) is 15.2. The third-order valence-corrected chi connectivity index (χ3v) is 7.02. The largest absolute Gasteiger partial charge is 0.509 e. The Balaban J connectivity index is 6.55. The lowest BCUT2D eigenvalue weighted by Gasteiger charge is -2.43. The van der Waals surface area contributed by atoms with Crippen molar-refractivity contribution in [2.75, 3.05) is 21.3 Å². The molecule has 170 valence electrons. The van der Waals surface area contributed by atoms with Crippen LogP contribution in [0.1, 0.15) is 6.92 Å². The minimum absolute atomic E-state index is 0.0206. The van der Waals surface area contributed by atoms with Gasteiger partial charge in [-0.15, -0.1) is 0 Å². The van der Waals surface area contributed by atoms with E-state index >= 15 is 0 Å². The highest BCUT2D eigenvalue weighted by atomic mass is 28.4. The highest BCUT2D eigenvalue weighted by Gasteiger charge is 2.91. The molecule has 0 saturated heterocycles. The lowest BCUT2D eigenvalue weighted by molar-refractivity contribution is -0.440. The maximum Gasteiger partial charge on any atom is 0.509 e. The summed E-state index contributed by atoms with van der Waals surface area (Å²) in [7, 11) is -3.40. The molecule has 0 rings (SSSR count). The predicted molar refractivity (Wildman–Crippen MR) is 67.0 cm³/mol. The summed E-state index contributed by atoms with van der Waals surface area (Å²) in [5, 5.41) is 0. The molecule has 0 saturated carbocycles. The zero-order chi connectivity index (χ0) is 23.2. The van der Waals surface area contributed by atoms with Crippen LogP contribution < -0.4 is 0 Å². The molecule has 1 unspecified atom stereocenters. The molecule has 1 atom stereocenters. The van der Waals surface area contributed by atoms with Crippen LogP contribution in [0, 0.1) is 0 Å². The molecule has 0 fully saturated rings. The Kier molecular flexibility index (Phi) is 7.24. The number of rotatable bonds is 9. The molecule has 0 amide bonds. The van der Waals surface area contributed by atoms with Gasteiger partial charge in [-0.3, -0.25) is 0 Å². The van der Waals surface area contributed by atoms with Gasteiger partial charge in [0, 0.05) is 21.3 Å². The van der Waals surface area contributed by atoms with Gasteiger partial charge in [-0.05, 0) is 0 Å². The van der Waals surface area contributed by atoms with Crippen molar-refractivity contribution >= 4 is 8.80 Å². The van der Waals surface area contributed by atoms with Crippen LogP contribution in [0.5, 0.6) is 0 Å². The lowest BCUT2D eigenvalue weighted by atomic mass is 9.93. The summed E-state index contributed by atoms with van der Waals surface area (Å²) in [5.74, 6) is -37.4. The Morgan fingerprint density at radius 2 is 0.821 bits per heavy atom. The van der Waals surface area contributed by atoms with E-state index in [2.05, 4.69) is 13.3 Å². The molecule has 3 nitrogen and oxygen atoms in total. The van der Waals surface area contributed by atoms with Gasteiger partial charge in [-0.25, -0.2) is 0 Å². The molecule has 0 aromatic carbocycles. The van der Waals surface area contributed by atoms with E-state index < -0.39 is 50.1 Å². The van der Waals surface area contributed by atoms with Crippen molar-refractivity contribution < 1.29 is 70.4 Å². The molecule has 0 aliphatic carbocycles. The minimum atomic E-state index is -7.96. The second-order valence-electron chi connectivity index (χ2n) is 5.36.